The van der Waals surface area contributed by atoms with Gasteiger partial charge in [0.15, 0.2) is 0 Å². The van der Waals surface area contributed by atoms with E-state index in [1.807, 2.05) is 6.92 Å². The average Bonchev–Trinajstić information content (AvgIpc) is 2.67. The van der Waals surface area contributed by atoms with E-state index in [9.17, 15) is 9.59 Å². The fourth-order valence-corrected chi connectivity index (χ4v) is 1.84. The second-order valence-corrected chi connectivity index (χ2v) is 4.09. The highest BCUT2D eigenvalue weighted by Crippen LogP contribution is 2.07. The van der Waals surface area contributed by atoms with Crippen LogP contribution in [0.5, 0.6) is 0 Å². The van der Waals surface area contributed by atoms with Crippen molar-refractivity contribution in [3.63, 3.8) is 0 Å². The molecule has 0 radical (unpaired) electrons. The van der Waals surface area contributed by atoms with Crippen molar-refractivity contribution in [2.45, 2.75) is 25.8 Å². The number of carboxylic acids is 1. The number of carboxylic acid groups (broad SMARTS) is 1. The van der Waals surface area contributed by atoms with E-state index in [4.69, 9.17) is 5.11 Å². The van der Waals surface area contributed by atoms with E-state index in [-0.39, 0.29) is 11.9 Å². The molecule has 1 saturated heterocycles. The second-order valence-electron chi connectivity index (χ2n) is 4.09. The number of carbonyl (C=O) groups excluding carboxylic acids is 1. The Morgan fingerprint density at radius 2 is 2.00 bits per heavy atom. The number of hydrogen-bond donors (Lipinski definition) is 2. The highest BCUT2D eigenvalue weighted by atomic mass is 16.4. The van der Waals surface area contributed by atoms with Gasteiger partial charge < -0.3 is 15.3 Å². The number of likely N-dealkylation sites (tertiary alicyclic amines) is 1. The molecular formula is C11H18N2O3. The summed E-state index contributed by atoms with van der Waals surface area (Å²) in [5.41, 5.74) is 0. The first-order valence-corrected chi connectivity index (χ1v) is 5.52. The van der Waals surface area contributed by atoms with Gasteiger partial charge in [-0.05, 0) is 32.9 Å². The van der Waals surface area contributed by atoms with E-state index in [0.717, 1.165) is 31.8 Å². The van der Waals surface area contributed by atoms with Crippen LogP contribution in [-0.4, -0.2) is 47.6 Å². The maximum atomic E-state index is 11.3. The van der Waals surface area contributed by atoms with Crippen LogP contribution in [0.25, 0.3) is 0 Å². The summed E-state index contributed by atoms with van der Waals surface area (Å²) in [6.45, 7) is 4.92. The summed E-state index contributed by atoms with van der Waals surface area (Å²) in [4.78, 5) is 23.7. The molecule has 5 nitrogen and oxygen atoms in total. The number of nitrogens with one attached hydrogen (secondary N) is 1. The normalized spacial score (nSPS) is 18.8. The third kappa shape index (κ3) is 4.93. The fourth-order valence-electron chi connectivity index (χ4n) is 1.84. The lowest BCUT2D eigenvalue weighted by molar-refractivity contribution is -0.131. The predicted octanol–water partition coefficient (Wildman–Crippen LogP) is 0.228. The molecule has 90 valence electrons. The van der Waals surface area contributed by atoms with Crippen molar-refractivity contribution in [3.8, 4) is 0 Å². The number of aliphatic carboxylic acids is 1. The summed E-state index contributed by atoms with van der Waals surface area (Å²) in [6.07, 6.45) is 4.33. The van der Waals surface area contributed by atoms with Gasteiger partial charge in [-0.3, -0.25) is 4.79 Å². The summed E-state index contributed by atoms with van der Waals surface area (Å²) in [5, 5.41) is 11.1. The molecule has 0 aromatic heterocycles. The maximum Gasteiger partial charge on any atom is 0.328 e. The maximum absolute atomic E-state index is 11.3. The Morgan fingerprint density at radius 3 is 2.56 bits per heavy atom. The Morgan fingerprint density at radius 1 is 1.38 bits per heavy atom. The molecule has 1 fully saturated rings. The predicted molar refractivity (Wildman–Crippen MR) is 60.1 cm³/mol. The molecule has 0 aromatic rings. The van der Waals surface area contributed by atoms with Crippen LogP contribution in [0.4, 0.5) is 0 Å². The lowest BCUT2D eigenvalue weighted by atomic mass is 10.3. The Balaban J connectivity index is 2.24. The van der Waals surface area contributed by atoms with E-state index < -0.39 is 5.97 Å². The highest BCUT2D eigenvalue weighted by molar-refractivity contribution is 5.93. The molecule has 5 heteroatoms. The zero-order valence-electron chi connectivity index (χ0n) is 9.48. The standard InChI is InChI=1S/C11H18N2O3/c1-9(8-13-6-2-3-7-13)12-10(14)4-5-11(15)16/h4-5,9H,2-3,6-8H2,1H3,(H,12,14)(H,15,16)/b5-4+. The third-order valence-corrected chi connectivity index (χ3v) is 2.50. The van der Waals surface area contributed by atoms with Crippen LogP contribution in [0.2, 0.25) is 0 Å². The molecule has 16 heavy (non-hydrogen) atoms. The van der Waals surface area contributed by atoms with Gasteiger partial charge in [0.05, 0.1) is 0 Å². The summed E-state index contributed by atoms with van der Waals surface area (Å²) in [7, 11) is 0. The summed E-state index contributed by atoms with van der Waals surface area (Å²) in [6, 6.07) is 0.0454. The highest BCUT2D eigenvalue weighted by Gasteiger charge is 2.15. The minimum Gasteiger partial charge on any atom is -0.478 e. The zero-order chi connectivity index (χ0) is 12.0. The molecule has 1 atom stereocenters. The molecule has 2 N–H and O–H groups in total. The van der Waals surface area contributed by atoms with Gasteiger partial charge in [-0.1, -0.05) is 0 Å². The van der Waals surface area contributed by atoms with Crippen LogP contribution in [0, 0.1) is 0 Å². The van der Waals surface area contributed by atoms with Gasteiger partial charge >= 0.3 is 5.97 Å². The Hall–Kier alpha value is -1.36. The minimum absolute atomic E-state index is 0.0454. The van der Waals surface area contributed by atoms with E-state index in [1.54, 1.807) is 0 Å². The molecule has 1 rings (SSSR count). The zero-order valence-corrected chi connectivity index (χ0v) is 9.48. The van der Waals surface area contributed by atoms with Gasteiger partial charge in [-0.2, -0.15) is 0 Å². The van der Waals surface area contributed by atoms with Crippen molar-refractivity contribution >= 4 is 11.9 Å². The van der Waals surface area contributed by atoms with Crippen LogP contribution in [0.1, 0.15) is 19.8 Å². The van der Waals surface area contributed by atoms with Crippen molar-refractivity contribution in [2.24, 2.45) is 0 Å². The number of rotatable bonds is 5. The number of amides is 1. The molecule has 0 aliphatic carbocycles. The second kappa shape index (κ2) is 6.27. The number of hydrogen-bond acceptors (Lipinski definition) is 3. The topological polar surface area (TPSA) is 69.6 Å². The van der Waals surface area contributed by atoms with Crippen LogP contribution < -0.4 is 5.32 Å². The fraction of sp³-hybridized carbons (Fsp3) is 0.636. The summed E-state index contributed by atoms with van der Waals surface area (Å²) >= 11 is 0. The van der Waals surface area contributed by atoms with Crippen molar-refractivity contribution < 1.29 is 14.7 Å². The molecule has 0 spiro atoms. The summed E-state index contributed by atoms with van der Waals surface area (Å²) < 4.78 is 0. The Bertz CT molecular complexity index is 283. The largest absolute Gasteiger partial charge is 0.478 e. The number of nitrogens with zero attached hydrogens (tertiary/aromatic N) is 1. The summed E-state index contributed by atoms with van der Waals surface area (Å²) in [5.74, 6) is -1.46. The van der Waals surface area contributed by atoms with Crippen molar-refractivity contribution in [1.82, 2.24) is 10.2 Å². The van der Waals surface area contributed by atoms with Crippen LogP contribution >= 0.6 is 0 Å². The first-order chi connectivity index (χ1) is 7.58. The molecule has 1 heterocycles. The van der Waals surface area contributed by atoms with Gasteiger partial charge in [0.2, 0.25) is 5.91 Å². The van der Waals surface area contributed by atoms with Crippen LogP contribution in [0.15, 0.2) is 12.2 Å². The van der Waals surface area contributed by atoms with Gasteiger partial charge in [-0.15, -0.1) is 0 Å². The lowest BCUT2D eigenvalue weighted by Gasteiger charge is -2.20. The first kappa shape index (κ1) is 12.7. The van der Waals surface area contributed by atoms with Gasteiger partial charge in [0.1, 0.15) is 0 Å². The smallest absolute Gasteiger partial charge is 0.328 e. The van der Waals surface area contributed by atoms with Crippen molar-refractivity contribution in [3.05, 3.63) is 12.2 Å². The Labute approximate surface area is 95.1 Å². The number of carbonyl (C=O) groups is 2. The SMILES string of the molecule is CC(CN1CCCC1)NC(=O)/C=C/C(=O)O. The molecule has 1 unspecified atom stereocenters. The van der Waals surface area contributed by atoms with E-state index in [1.165, 1.54) is 12.8 Å². The van der Waals surface area contributed by atoms with Crippen molar-refractivity contribution in [2.75, 3.05) is 19.6 Å². The van der Waals surface area contributed by atoms with Gasteiger partial charge in [0.25, 0.3) is 0 Å². The molecule has 0 bridgehead atoms. The van der Waals surface area contributed by atoms with Crippen LogP contribution in [0.3, 0.4) is 0 Å². The molecule has 0 saturated carbocycles. The molecule has 0 aromatic carbocycles. The minimum atomic E-state index is -1.11. The van der Waals surface area contributed by atoms with E-state index in [0.29, 0.717) is 0 Å². The van der Waals surface area contributed by atoms with Crippen LogP contribution in [-0.2, 0) is 9.59 Å². The molecule has 1 aliphatic heterocycles. The quantitative estimate of drug-likeness (QED) is 0.658. The van der Waals surface area contributed by atoms with E-state index in [2.05, 4.69) is 10.2 Å². The molecular weight excluding hydrogens is 208 g/mol. The lowest BCUT2D eigenvalue weighted by Crippen LogP contribution is -2.40. The van der Waals surface area contributed by atoms with Gasteiger partial charge in [0, 0.05) is 24.7 Å². The first-order valence-electron chi connectivity index (χ1n) is 5.52. The monoisotopic (exact) mass is 226 g/mol. The molecule has 1 aliphatic rings. The van der Waals surface area contributed by atoms with Gasteiger partial charge in [-0.25, -0.2) is 4.79 Å². The molecule has 1 amide bonds. The van der Waals surface area contributed by atoms with Crippen molar-refractivity contribution in [1.29, 1.82) is 0 Å². The van der Waals surface area contributed by atoms with E-state index >= 15 is 0 Å². The average molecular weight is 226 g/mol. The Kier molecular flexibility index (Phi) is 4.98. The third-order valence-electron chi connectivity index (χ3n) is 2.50.